The second-order valence-electron chi connectivity index (χ2n) is 4.73. The third-order valence-electron chi connectivity index (χ3n) is 3.28. The Labute approximate surface area is 113 Å². The molecule has 3 rings (SSSR count). The van der Waals surface area contributed by atoms with Crippen LogP contribution in [0.25, 0.3) is 11.2 Å². The van der Waals surface area contributed by atoms with Crippen LogP contribution in [0, 0.1) is 5.92 Å². The number of pyridine rings is 1. The summed E-state index contributed by atoms with van der Waals surface area (Å²) in [5, 5.41) is -0.0872. The van der Waals surface area contributed by atoms with Gasteiger partial charge in [0.25, 0.3) is 0 Å². The second kappa shape index (κ2) is 3.95. The average molecular weight is 315 g/mol. The monoisotopic (exact) mass is 313 g/mol. The molecular formula is C12H13BrClN3. The molecule has 0 saturated heterocycles. The quantitative estimate of drug-likeness (QED) is 0.782. The number of aromatic nitrogens is 3. The molecule has 2 heterocycles. The van der Waals surface area contributed by atoms with E-state index >= 15 is 0 Å². The predicted octanol–water partition coefficient (Wildman–Crippen LogP) is 4.07. The zero-order valence-corrected chi connectivity index (χ0v) is 12.0. The molecule has 3 nitrogen and oxygen atoms in total. The highest BCUT2D eigenvalue weighted by molar-refractivity contribution is 9.10. The maximum atomic E-state index is 6.22. The number of alkyl halides is 1. The molecule has 3 atom stereocenters. The van der Waals surface area contributed by atoms with Crippen LogP contribution in [-0.4, -0.2) is 14.5 Å². The van der Waals surface area contributed by atoms with Crippen LogP contribution in [0.1, 0.15) is 37.5 Å². The van der Waals surface area contributed by atoms with Crippen molar-refractivity contribution < 1.29 is 0 Å². The molecule has 0 bridgehead atoms. The summed E-state index contributed by atoms with van der Waals surface area (Å²) in [5.74, 6) is 1.63. The van der Waals surface area contributed by atoms with Crippen LogP contribution in [0.2, 0.25) is 0 Å². The largest absolute Gasteiger partial charge is 0.308 e. The van der Waals surface area contributed by atoms with Crippen molar-refractivity contribution >= 4 is 38.7 Å². The summed E-state index contributed by atoms with van der Waals surface area (Å²) < 4.78 is 3.16. The summed E-state index contributed by atoms with van der Waals surface area (Å²) in [6.45, 7) is 4.21. The number of rotatable bonds is 2. The van der Waals surface area contributed by atoms with E-state index in [1.807, 2.05) is 19.2 Å². The Bertz CT molecular complexity index is 578. The van der Waals surface area contributed by atoms with E-state index in [1.54, 1.807) is 0 Å². The predicted molar refractivity (Wildman–Crippen MR) is 72.3 cm³/mol. The van der Waals surface area contributed by atoms with Gasteiger partial charge in [0.05, 0.1) is 5.38 Å². The Balaban J connectivity index is 2.24. The molecule has 1 fully saturated rings. The molecule has 0 aliphatic heterocycles. The first-order valence-corrected chi connectivity index (χ1v) is 6.98. The topological polar surface area (TPSA) is 30.7 Å². The van der Waals surface area contributed by atoms with E-state index in [1.165, 1.54) is 6.42 Å². The van der Waals surface area contributed by atoms with Crippen molar-refractivity contribution in [2.45, 2.75) is 31.7 Å². The summed E-state index contributed by atoms with van der Waals surface area (Å²) >= 11 is 9.64. The molecule has 0 amide bonds. The van der Waals surface area contributed by atoms with E-state index in [4.69, 9.17) is 11.6 Å². The maximum absolute atomic E-state index is 6.22. The molecule has 1 aliphatic carbocycles. The Hall–Kier alpha value is -0.610. The van der Waals surface area contributed by atoms with Crippen molar-refractivity contribution in [3.63, 3.8) is 0 Å². The third-order valence-corrected chi connectivity index (χ3v) is 3.91. The molecule has 0 spiro atoms. The van der Waals surface area contributed by atoms with Gasteiger partial charge in [-0.15, -0.1) is 11.6 Å². The summed E-state index contributed by atoms with van der Waals surface area (Å²) in [4.78, 5) is 9.08. The fourth-order valence-electron chi connectivity index (χ4n) is 2.24. The lowest BCUT2D eigenvalue weighted by Gasteiger charge is -2.08. The number of hydrogen-bond acceptors (Lipinski definition) is 2. The van der Waals surface area contributed by atoms with Crippen LogP contribution in [0.5, 0.6) is 0 Å². The minimum absolute atomic E-state index is 0.0872. The molecule has 1 saturated carbocycles. The van der Waals surface area contributed by atoms with Crippen molar-refractivity contribution in [1.82, 2.24) is 14.5 Å². The fraction of sp³-hybridized carbons (Fsp3) is 0.500. The summed E-state index contributed by atoms with van der Waals surface area (Å²) in [7, 11) is 0. The van der Waals surface area contributed by atoms with E-state index in [-0.39, 0.29) is 5.38 Å². The summed E-state index contributed by atoms with van der Waals surface area (Å²) in [5.41, 5.74) is 1.87. The van der Waals surface area contributed by atoms with Crippen LogP contribution in [0.15, 0.2) is 16.7 Å². The van der Waals surface area contributed by atoms with Crippen molar-refractivity contribution in [1.29, 1.82) is 0 Å². The van der Waals surface area contributed by atoms with Crippen molar-refractivity contribution in [2.75, 3.05) is 0 Å². The van der Waals surface area contributed by atoms with Gasteiger partial charge in [0.15, 0.2) is 5.65 Å². The van der Waals surface area contributed by atoms with E-state index in [0.717, 1.165) is 21.5 Å². The lowest BCUT2D eigenvalue weighted by atomic mass is 10.4. The highest BCUT2D eigenvalue weighted by Gasteiger charge is 2.38. The zero-order chi connectivity index (χ0) is 12.2. The van der Waals surface area contributed by atoms with Gasteiger partial charge in [0.1, 0.15) is 11.3 Å². The highest BCUT2D eigenvalue weighted by atomic mass is 79.9. The molecule has 0 radical (unpaired) electrons. The van der Waals surface area contributed by atoms with Gasteiger partial charge in [-0.2, -0.15) is 0 Å². The van der Waals surface area contributed by atoms with E-state index in [0.29, 0.717) is 12.0 Å². The summed E-state index contributed by atoms with van der Waals surface area (Å²) in [6, 6.07) is 2.51. The van der Waals surface area contributed by atoms with Gasteiger partial charge in [-0.25, -0.2) is 9.97 Å². The number of halogens is 2. The summed E-state index contributed by atoms with van der Waals surface area (Å²) in [6.07, 6.45) is 3.01. The van der Waals surface area contributed by atoms with Gasteiger partial charge < -0.3 is 4.57 Å². The number of nitrogens with zero attached hydrogens (tertiary/aromatic N) is 3. The minimum Gasteiger partial charge on any atom is -0.308 e. The van der Waals surface area contributed by atoms with E-state index < -0.39 is 0 Å². The number of fused-ring (bicyclic) bond motifs is 1. The van der Waals surface area contributed by atoms with Crippen molar-refractivity contribution in [3.05, 3.63) is 22.6 Å². The van der Waals surface area contributed by atoms with E-state index in [9.17, 15) is 0 Å². The first-order valence-electron chi connectivity index (χ1n) is 5.75. The lowest BCUT2D eigenvalue weighted by molar-refractivity contribution is 0.654. The number of imidazole rings is 1. The highest BCUT2D eigenvalue weighted by Crippen LogP contribution is 2.46. The third kappa shape index (κ3) is 1.87. The Morgan fingerprint density at radius 3 is 2.88 bits per heavy atom. The molecule has 0 N–H and O–H groups in total. The molecule has 0 aromatic carbocycles. The molecule has 90 valence electrons. The molecule has 2 aromatic rings. The number of hydrogen-bond donors (Lipinski definition) is 0. The van der Waals surface area contributed by atoms with Gasteiger partial charge in [0, 0.05) is 16.7 Å². The molecule has 1 aliphatic rings. The molecule has 3 unspecified atom stereocenters. The standard InChI is InChI=1S/C12H13BrClN3/c1-6-3-10(6)17-11(7(2)14)16-9-4-8(13)5-15-12(9)17/h4-7,10H,3H2,1-2H3. The van der Waals surface area contributed by atoms with Gasteiger partial charge in [-0.3, -0.25) is 0 Å². The lowest BCUT2D eigenvalue weighted by Crippen LogP contribution is -2.04. The van der Waals surface area contributed by atoms with Crippen LogP contribution in [0.3, 0.4) is 0 Å². The maximum Gasteiger partial charge on any atom is 0.160 e. The zero-order valence-electron chi connectivity index (χ0n) is 9.69. The van der Waals surface area contributed by atoms with Gasteiger partial charge >= 0.3 is 0 Å². The van der Waals surface area contributed by atoms with Gasteiger partial charge in [-0.05, 0) is 41.3 Å². The van der Waals surface area contributed by atoms with Crippen LogP contribution in [0.4, 0.5) is 0 Å². The van der Waals surface area contributed by atoms with Gasteiger partial charge in [-0.1, -0.05) is 6.92 Å². The molecular weight excluding hydrogens is 302 g/mol. The molecule has 17 heavy (non-hydrogen) atoms. The average Bonchev–Trinajstić information content (AvgIpc) is 2.86. The van der Waals surface area contributed by atoms with Crippen molar-refractivity contribution in [3.8, 4) is 0 Å². The molecule has 2 aromatic heterocycles. The van der Waals surface area contributed by atoms with Crippen LogP contribution < -0.4 is 0 Å². The second-order valence-corrected chi connectivity index (χ2v) is 6.30. The normalized spacial score (nSPS) is 25.2. The first-order chi connectivity index (χ1) is 8.08. The van der Waals surface area contributed by atoms with Crippen LogP contribution in [-0.2, 0) is 0 Å². The SMILES string of the molecule is CC(Cl)c1nc2cc(Br)cnc2n1C1CC1C. The smallest absolute Gasteiger partial charge is 0.160 e. The Morgan fingerprint density at radius 1 is 1.59 bits per heavy atom. The van der Waals surface area contributed by atoms with E-state index in [2.05, 4.69) is 37.4 Å². The Morgan fingerprint density at radius 2 is 2.29 bits per heavy atom. The molecule has 5 heteroatoms. The Kier molecular flexibility index (Phi) is 2.67. The minimum atomic E-state index is -0.0872. The van der Waals surface area contributed by atoms with Gasteiger partial charge in [0.2, 0.25) is 0 Å². The fourth-order valence-corrected chi connectivity index (χ4v) is 2.72. The first kappa shape index (κ1) is 11.5. The van der Waals surface area contributed by atoms with Crippen LogP contribution >= 0.6 is 27.5 Å². The van der Waals surface area contributed by atoms with Crippen molar-refractivity contribution in [2.24, 2.45) is 5.92 Å².